The standard InChI is InChI=1S/C17H18N2O3S/c1-19(22-12-15(20)21)17(23)18-16(13-8-4-2-5-9-13)14-10-6-3-7-11-14/h2-11,16H,12H2,1H3,(H,18,23)(H,20,21). The van der Waals surface area contributed by atoms with E-state index < -0.39 is 12.6 Å². The average molecular weight is 330 g/mol. The van der Waals surface area contributed by atoms with E-state index in [1.807, 2.05) is 60.7 Å². The summed E-state index contributed by atoms with van der Waals surface area (Å²) in [5, 5.41) is 13.4. The molecule has 2 N–H and O–H groups in total. The third-order valence-electron chi connectivity index (χ3n) is 3.20. The predicted molar refractivity (Wildman–Crippen MR) is 91.8 cm³/mol. The van der Waals surface area contributed by atoms with Gasteiger partial charge in [0, 0.05) is 7.05 Å². The Kier molecular flexibility index (Phi) is 6.08. The van der Waals surface area contributed by atoms with Crippen molar-refractivity contribution in [3.05, 3.63) is 71.8 Å². The fraction of sp³-hybridized carbons (Fsp3) is 0.176. The predicted octanol–water partition coefficient (Wildman–Crippen LogP) is 2.60. The van der Waals surface area contributed by atoms with Gasteiger partial charge in [-0.2, -0.15) is 0 Å². The van der Waals surface area contributed by atoms with Gasteiger partial charge in [-0.15, -0.1) is 0 Å². The Hall–Kier alpha value is -2.44. The summed E-state index contributed by atoms with van der Waals surface area (Å²) in [6, 6.07) is 19.6. The van der Waals surface area contributed by atoms with Crippen LogP contribution in [-0.2, 0) is 9.63 Å². The molecule has 0 fully saturated rings. The zero-order valence-electron chi connectivity index (χ0n) is 12.7. The number of hydrogen-bond acceptors (Lipinski definition) is 3. The van der Waals surface area contributed by atoms with Crippen molar-refractivity contribution in [2.45, 2.75) is 6.04 Å². The highest BCUT2D eigenvalue weighted by atomic mass is 32.1. The molecule has 120 valence electrons. The molecule has 0 atom stereocenters. The lowest BCUT2D eigenvalue weighted by molar-refractivity contribution is -0.156. The Labute approximate surface area is 140 Å². The third-order valence-corrected chi connectivity index (χ3v) is 3.58. The molecular weight excluding hydrogens is 312 g/mol. The van der Waals surface area contributed by atoms with Gasteiger partial charge in [0.05, 0.1) is 6.04 Å². The molecule has 0 heterocycles. The van der Waals surface area contributed by atoms with Crippen LogP contribution in [0.25, 0.3) is 0 Å². The summed E-state index contributed by atoms with van der Waals surface area (Å²) in [6.45, 7) is -0.445. The summed E-state index contributed by atoms with van der Waals surface area (Å²) in [5.74, 6) is -1.05. The molecule has 2 aromatic rings. The zero-order chi connectivity index (χ0) is 16.7. The highest BCUT2D eigenvalue weighted by molar-refractivity contribution is 7.80. The molecule has 0 aliphatic rings. The molecule has 0 aliphatic carbocycles. The molecule has 23 heavy (non-hydrogen) atoms. The number of carboxylic acids is 1. The highest BCUT2D eigenvalue weighted by Gasteiger charge is 2.17. The Balaban J connectivity index is 2.15. The molecule has 0 radical (unpaired) electrons. The Morgan fingerprint density at radius 2 is 1.61 bits per heavy atom. The number of hydrogen-bond donors (Lipinski definition) is 2. The van der Waals surface area contributed by atoms with Gasteiger partial charge in [0.25, 0.3) is 0 Å². The number of carbonyl (C=O) groups is 1. The number of aliphatic carboxylic acids is 1. The molecule has 0 saturated carbocycles. The first-order valence-corrected chi connectivity index (χ1v) is 7.47. The van der Waals surface area contributed by atoms with E-state index in [9.17, 15) is 4.79 Å². The van der Waals surface area contributed by atoms with Gasteiger partial charge in [0.2, 0.25) is 0 Å². The van der Waals surface area contributed by atoms with E-state index in [0.29, 0.717) is 5.11 Å². The van der Waals surface area contributed by atoms with Crippen LogP contribution in [0.1, 0.15) is 17.2 Å². The third kappa shape index (κ3) is 5.05. The van der Waals surface area contributed by atoms with Crippen LogP contribution in [0, 0.1) is 0 Å². The van der Waals surface area contributed by atoms with Gasteiger partial charge in [-0.05, 0) is 23.3 Å². The van der Waals surface area contributed by atoms with Crippen molar-refractivity contribution in [3.63, 3.8) is 0 Å². The second kappa shape index (κ2) is 8.26. The highest BCUT2D eigenvalue weighted by Crippen LogP contribution is 2.21. The first kappa shape index (κ1) is 16.9. The maximum Gasteiger partial charge on any atom is 0.332 e. The monoisotopic (exact) mass is 330 g/mol. The van der Waals surface area contributed by atoms with Crippen molar-refractivity contribution in [1.29, 1.82) is 0 Å². The summed E-state index contributed by atoms with van der Waals surface area (Å²) >= 11 is 5.30. The Bertz CT molecular complexity index is 610. The van der Waals surface area contributed by atoms with Crippen LogP contribution in [0.4, 0.5) is 0 Å². The minimum Gasteiger partial charge on any atom is -0.479 e. The first-order chi connectivity index (χ1) is 11.1. The van der Waals surface area contributed by atoms with E-state index in [4.69, 9.17) is 22.2 Å². The molecule has 0 unspecified atom stereocenters. The second-order valence-electron chi connectivity index (χ2n) is 4.87. The van der Waals surface area contributed by atoms with Crippen LogP contribution >= 0.6 is 12.2 Å². The van der Waals surface area contributed by atoms with Crippen LogP contribution < -0.4 is 5.32 Å². The van der Waals surface area contributed by atoms with Crippen LogP contribution in [-0.4, -0.2) is 34.9 Å². The van der Waals surface area contributed by atoms with Gasteiger partial charge in [0.1, 0.15) is 0 Å². The summed E-state index contributed by atoms with van der Waals surface area (Å²) < 4.78 is 0. The second-order valence-corrected chi connectivity index (χ2v) is 5.26. The van der Waals surface area contributed by atoms with E-state index in [2.05, 4.69) is 5.32 Å². The molecule has 6 heteroatoms. The summed E-state index contributed by atoms with van der Waals surface area (Å²) in [4.78, 5) is 15.6. The van der Waals surface area contributed by atoms with Gasteiger partial charge in [-0.3, -0.25) is 4.84 Å². The lowest BCUT2D eigenvalue weighted by atomic mass is 9.99. The molecule has 0 aliphatic heterocycles. The fourth-order valence-electron chi connectivity index (χ4n) is 2.08. The van der Waals surface area contributed by atoms with Crippen molar-refractivity contribution >= 4 is 23.3 Å². The average Bonchev–Trinajstić information content (AvgIpc) is 2.58. The number of carboxylic acid groups (broad SMARTS) is 1. The van der Waals surface area contributed by atoms with E-state index in [1.54, 1.807) is 7.05 Å². The largest absolute Gasteiger partial charge is 0.479 e. The summed E-state index contributed by atoms with van der Waals surface area (Å²) in [7, 11) is 1.57. The molecule has 2 rings (SSSR count). The van der Waals surface area contributed by atoms with E-state index >= 15 is 0 Å². The van der Waals surface area contributed by atoms with Crippen LogP contribution in [0.15, 0.2) is 60.7 Å². The minimum atomic E-state index is -1.05. The van der Waals surface area contributed by atoms with E-state index in [1.165, 1.54) is 5.06 Å². The normalized spacial score (nSPS) is 10.3. The number of nitrogens with one attached hydrogen (secondary N) is 1. The van der Waals surface area contributed by atoms with Crippen molar-refractivity contribution in [2.75, 3.05) is 13.7 Å². The lowest BCUT2D eigenvalue weighted by Crippen LogP contribution is -2.40. The van der Waals surface area contributed by atoms with Crippen LogP contribution in [0.2, 0.25) is 0 Å². The van der Waals surface area contributed by atoms with Crippen molar-refractivity contribution in [2.24, 2.45) is 0 Å². The van der Waals surface area contributed by atoms with E-state index in [-0.39, 0.29) is 6.04 Å². The van der Waals surface area contributed by atoms with Crippen LogP contribution in [0.3, 0.4) is 0 Å². The van der Waals surface area contributed by atoms with Gasteiger partial charge < -0.3 is 10.4 Å². The van der Waals surface area contributed by atoms with Gasteiger partial charge >= 0.3 is 5.97 Å². The summed E-state index contributed by atoms with van der Waals surface area (Å²) in [6.07, 6.45) is 0. The van der Waals surface area contributed by atoms with Crippen molar-refractivity contribution < 1.29 is 14.7 Å². The fourth-order valence-corrected chi connectivity index (χ4v) is 2.25. The maximum absolute atomic E-state index is 10.6. The lowest BCUT2D eigenvalue weighted by Gasteiger charge is -2.25. The summed E-state index contributed by atoms with van der Waals surface area (Å²) in [5.41, 5.74) is 2.10. The zero-order valence-corrected chi connectivity index (χ0v) is 13.5. The first-order valence-electron chi connectivity index (χ1n) is 7.06. The van der Waals surface area contributed by atoms with Gasteiger partial charge in [0.15, 0.2) is 11.7 Å². The molecular formula is C17H18N2O3S. The molecule has 5 nitrogen and oxygen atoms in total. The smallest absolute Gasteiger partial charge is 0.332 e. The molecule has 0 bridgehead atoms. The van der Waals surface area contributed by atoms with Crippen molar-refractivity contribution in [1.82, 2.24) is 10.4 Å². The topological polar surface area (TPSA) is 61.8 Å². The molecule has 0 aromatic heterocycles. The number of nitrogens with zero attached hydrogens (tertiary/aromatic N) is 1. The number of rotatable bonds is 6. The Morgan fingerprint density at radius 3 is 2.04 bits per heavy atom. The maximum atomic E-state index is 10.6. The number of hydroxylamine groups is 2. The minimum absolute atomic E-state index is 0.152. The molecule has 0 saturated heterocycles. The van der Waals surface area contributed by atoms with Crippen molar-refractivity contribution in [3.8, 4) is 0 Å². The number of benzene rings is 2. The van der Waals surface area contributed by atoms with Crippen LogP contribution in [0.5, 0.6) is 0 Å². The van der Waals surface area contributed by atoms with Gasteiger partial charge in [-0.25, -0.2) is 9.86 Å². The quantitative estimate of drug-likeness (QED) is 0.627. The van der Waals surface area contributed by atoms with E-state index in [0.717, 1.165) is 11.1 Å². The Morgan fingerprint density at radius 1 is 1.13 bits per heavy atom. The molecule has 2 aromatic carbocycles. The molecule has 0 spiro atoms. The number of thiocarbonyl (C=S) groups is 1. The van der Waals surface area contributed by atoms with Gasteiger partial charge in [-0.1, -0.05) is 60.7 Å². The SMILES string of the molecule is CN(OCC(=O)O)C(=S)NC(c1ccccc1)c1ccccc1. The molecule has 0 amide bonds.